The van der Waals surface area contributed by atoms with Gasteiger partial charge in [0, 0.05) is 23.5 Å². The topological polar surface area (TPSA) is 102 Å². The Morgan fingerprint density at radius 2 is 1.67 bits per heavy atom. The number of nitrogens with zero attached hydrogens (tertiary/aromatic N) is 4. The van der Waals surface area contributed by atoms with Crippen molar-refractivity contribution < 1.29 is 13.2 Å². The first-order valence-electron chi connectivity index (χ1n) is 8.54. The van der Waals surface area contributed by atoms with Gasteiger partial charge in [0.15, 0.2) is 11.6 Å². The summed E-state index contributed by atoms with van der Waals surface area (Å²) in [5.41, 5.74) is 6.84. The highest BCUT2D eigenvalue weighted by Crippen LogP contribution is 2.35. The molecule has 0 atom stereocenters. The predicted molar refractivity (Wildman–Crippen MR) is 109 cm³/mol. The highest BCUT2D eigenvalue weighted by molar-refractivity contribution is 6.33. The van der Waals surface area contributed by atoms with Crippen molar-refractivity contribution in [2.75, 3.05) is 16.4 Å². The van der Waals surface area contributed by atoms with Gasteiger partial charge in [-0.15, -0.1) is 0 Å². The van der Waals surface area contributed by atoms with Crippen LogP contribution in [0.2, 0.25) is 5.02 Å². The zero-order chi connectivity index (χ0) is 21.3. The number of hydrogen-bond donors (Lipinski definition) is 3. The van der Waals surface area contributed by atoms with E-state index in [1.807, 2.05) is 30.3 Å². The molecule has 0 aliphatic carbocycles. The second-order valence-electron chi connectivity index (χ2n) is 6.16. The number of alkyl halides is 3. The van der Waals surface area contributed by atoms with Crippen LogP contribution >= 0.6 is 11.6 Å². The molecule has 0 radical (unpaired) electrons. The highest BCUT2D eigenvalue weighted by Gasteiger charge is 2.31. The molecular formula is C19H13ClF3N7. The van der Waals surface area contributed by atoms with E-state index in [0.29, 0.717) is 12.0 Å². The molecule has 0 saturated carbocycles. The first-order valence-corrected chi connectivity index (χ1v) is 8.92. The van der Waals surface area contributed by atoms with Crippen molar-refractivity contribution in [3.05, 3.63) is 65.7 Å². The second kappa shape index (κ2) is 7.64. The summed E-state index contributed by atoms with van der Waals surface area (Å²) in [5, 5.41) is 6.51. The van der Waals surface area contributed by atoms with Gasteiger partial charge in [0.1, 0.15) is 17.8 Å². The fraction of sp³-hybridized carbons (Fsp3) is 0.0526. The van der Waals surface area contributed by atoms with Crippen LogP contribution in [0.1, 0.15) is 5.56 Å². The zero-order valence-electron chi connectivity index (χ0n) is 15.1. The first kappa shape index (κ1) is 19.6. The Hall–Kier alpha value is -3.66. The van der Waals surface area contributed by atoms with E-state index in [9.17, 15) is 13.2 Å². The normalized spacial score (nSPS) is 11.5. The van der Waals surface area contributed by atoms with Gasteiger partial charge >= 0.3 is 6.18 Å². The van der Waals surface area contributed by atoms with Crippen LogP contribution in [0.4, 0.5) is 42.0 Å². The lowest BCUT2D eigenvalue weighted by Crippen LogP contribution is -2.08. The second-order valence-corrected chi connectivity index (χ2v) is 6.57. The third kappa shape index (κ3) is 3.90. The van der Waals surface area contributed by atoms with Crippen LogP contribution in [0.25, 0.3) is 10.9 Å². The summed E-state index contributed by atoms with van der Waals surface area (Å²) >= 11 is 5.94. The molecule has 152 valence electrons. The van der Waals surface area contributed by atoms with Crippen molar-refractivity contribution in [3.63, 3.8) is 0 Å². The van der Waals surface area contributed by atoms with Gasteiger partial charge < -0.3 is 16.4 Å². The number of rotatable bonds is 4. The molecule has 0 aliphatic rings. The predicted octanol–water partition coefficient (Wildman–Crippen LogP) is 5.16. The van der Waals surface area contributed by atoms with Gasteiger partial charge in [0.05, 0.1) is 16.1 Å². The number of hydrogen-bond acceptors (Lipinski definition) is 7. The van der Waals surface area contributed by atoms with E-state index >= 15 is 0 Å². The molecule has 30 heavy (non-hydrogen) atoms. The maximum atomic E-state index is 12.8. The van der Waals surface area contributed by atoms with E-state index in [1.165, 1.54) is 6.33 Å². The van der Waals surface area contributed by atoms with E-state index in [-0.39, 0.29) is 22.3 Å². The molecule has 1 aromatic carbocycles. The molecule has 0 saturated heterocycles. The third-order valence-electron chi connectivity index (χ3n) is 4.19. The van der Waals surface area contributed by atoms with Gasteiger partial charge in [-0.3, -0.25) is 4.98 Å². The Balaban J connectivity index is 1.64. The zero-order valence-corrected chi connectivity index (χ0v) is 15.8. The summed E-state index contributed by atoms with van der Waals surface area (Å²) in [6.07, 6.45) is -0.933. The van der Waals surface area contributed by atoms with Gasteiger partial charge in [-0.25, -0.2) is 15.0 Å². The Bertz CT molecular complexity index is 1230. The average Bonchev–Trinajstić information content (AvgIpc) is 2.72. The van der Waals surface area contributed by atoms with E-state index in [2.05, 4.69) is 30.6 Å². The Morgan fingerprint density at radius 3 is 2.40 bits per heavy atom. The van der Waals surface area contributed by atoms with Crippen LogP contribution in [-0.2, 0) is 6.18 Å². The number of nitrogens with two attached hydrogens (primary N) is 1. The summed E-state index contributed by atoms with van der Waals surface area (Å²) in [4.78, 5) is 16.2. The summed E-state index contributed by atoms with van der Waals surface area (Å²) < 4.78 is 38.4. The lowest BCUT2D eigenvalue weighted by molar-refractivity contribution is -0.137. The lowest BCUT2D eigenvalue weighted by atomic mass is 10.2. The van der Waals surface area contributed by atoms with Crippen molar-refractivity contribution in [2.45, 2.75) is 6.18 Å². The molecule has 0 spiro atoms. The van der Waals surface area contributed by atoms with Gasteiger partial charge in [0.2, 0.25) is 0 Å². The standard InChI is InChI=1S/C19H13ClF3N7/c20-12-7-10(19(21,22)23)8-26-16(12)30-18-15(24)17(27-9-28-18)29-14-5-1-4-13-11(14)3-2-6-25-13/h1-9H,24H2,(H2,26,27,28,29,30). The molecular weight excluding hydrogens is 419 g/mol. The molecule has 3 heterocycles. The molecule has 11 heteroatoms. The van der Waals surface area contributed by atoms with E-state index < -0.39 is 11.7 Å². The van der Waals surface area contributed by atoms with Crippen LogP contribution in [0.15, 0.2) is 55.1 Å². The Kier molecular flexibility index (Phi) is 5.00. The van der Waals surface area contributed by atoms with Crippen LogP contribution in [0.5, 0.6) is 0 Å². The quantitative estimate of drug-likeness (QED) is 0.410. The molecule has 7 nitrogen and oxygen atoms in total. The maximum Gasteiger partial charge on any atom is 0.417 e. The molecule has 4 aromatic rings. The summed E-state index contributed by atoms with van der Waals surface area (Å²) in [7, 11) is 0. The Labute approximate surface area is 173 Å². The molecule has 4 rings (SSSR count). The average molecular weight is 432 g/mol. The number of benzene rings is 1. The van der Waals surface area contributed by atoms with Crippen LogP contribution in [0.3, 0.4) is 0 Å². The van der Waals surface area contributed by atoms with Crippen molar-refractivity contribution in [3.8, 4) is 0 Å². The molecule has 4 N–H and O–H groups in total. The van der Waals surface area contributed by atoms with Crippen molar-refractivity contribution in [1.82, 2.24) is 19.9 Å². The number of anilines is 5. The van der Waals surface area contributed by atoms with Gasteiger partial charge in [-0.05, 0) is 30.3 Å². The molecule has 0 aliphatic heterocycles. The number of aromatic nitrogens is 4. The van der Waals surface area contributed by atoms with Crippen molar-refractivity contribution in [1.29, 1.82) is 0 Å². The van der Waals surface area contributed by atoms with Gasteiger partial charge in [0.25, 0.3) is 0 Å². The molecule has 0 amide bonds. The number of nitrogens with one attached hydrogen (secondary N) is 2. The fourth-order valence-electron chi connectivity index (χ4n) is 2.73. The minimum Gasteiger partial charge on any atom is -0.393 e. The van der Waals surface area contributed by atoms with Crippen LogP contribution < -0.4 is 16.4 Å². The number of halogens is 4. The summed E-state index contributed by atoms with van der Waals surface area (Å²) in [5.74, 6) is 0.419. The molecule has 3 aromatic heterocycles. The number of pyridine rings is 2. The summed E-state index contributed by atoms with van der Waals surface area (Å²) in [6.45, 7) is 0. The van der Waals surface area contributed by atoms with E-state index in [0.717, 1.165) is 22.7 Å². The molecule has 0 unspecified atom stereocenters. The molecule has 0 fully saturated rings. The van der Waals surface area contributed by atoms with E-state index in [4.69, 9.17) is 17.3 Å². The number of fused-ring (bicyclic) bond motifs is 1. The first-order chi connectivity index (χ1) is 14.3. The minimum absolute atomic E-state index is 0.0182. The number of nitrogen functional groups attached to an aromatic ring is 1. The maximum absolute atomic E-state index is 12.8. The minimum atomic E-state index is -4.55. The fourth-order valence-corrected chi connectivity index (χ4v) is 2.95. The lowest BCUT2D eigenvalue weighted by Gasteiger charge is -2.14. The van der Waals surface area contributed by atoms with Crippen LogP contribution in [-0.4, -0.2) is 19.9 Å². The third-order valence-corrected chi connectivity index (χ3v) is 4.48. The largest absolute Gasteiger partial charge is 0.417 e. The van der Waals surface area contributed by atoms with Crippen molar-refractivity contribution in [2.24, 2.45) is 0 Å². The Morgan fingerprint density at radius 1 is 0.900 bits per heavy atom. The monoisotopic (exact) mass is 431 g/mol. The highest BCUT2D eigenvalue weighted by atomic mass is 35.5. The summed E-state index contributed by atoms with van der Waals surface area (Å²) in [6, 6.07) is 10.0. The van der Waals surface area contributed by atoms with Gasteiger partial charge in [-0.1, -0.05) is 17.7 Å². The van der Waals surface area contributed by atoms with Gasteiger partial charge in [-0.2, -0.15) is 13.2 Å². The van der Waals surface area contributed by atoms with Crippen LogP contribution in [0, 0.1) is 0 Å². The smallest absolute Gasteiger partial charge is 0.393 e. The van der Waals surface area contributed by atoms with Crippen molar-refractivity contribution >= 4 is 51.3 Å². The SMILES string of the molecule is Nc1c(Nc2ncc(C(F)(F)F)cc2Cl)ncnc1Nc1cccc2ncccc12. The molecule has 0 bridgehead atoms. The van der Waals surface area contributed by atoms with E-state index in [1.54, 1.807) is 6.20 Å².